The molecule has 5 heteroatoms. The maximum absolute atomic E-state index is 12.3. The summed E-state index contributed by atoms with van der Waals surface area (Å²) in [6, 6.07) is 7.87. The normalized spacial score (nSPS) is 17.8. The van der Waals surface area contributed by atoms with Crippen molar-refractivity contribution in [3.63, 3.8) is 0 Å². The van der Waals surface area contributed by atoms with Crippen LogP contribution in [0.25, 0.3) is 0 Å². The van der Waals surface area contributed by atoms with Crippen LogP contribution in [0.1, 0.15) is 25.3 Å². The highest BCUT2D eigenvalue weighted by Gasteiger charge is 2.33. The van der Waals surface area contributed by atoms with Crippen LogP contribution in [0.5, 0.6) is 0 Å². The molecule has 1 aromatic rings. The molecule has 1 atom stereocenters. The number of rotatable bonds is 7. The summed E-state index contributed by atoms with van der Waals surface area (Å²) in [5.74, 6) is -0.212. The monoisotopic (exact) mass is 317 g/mol. The van der Waals surface area contributed by atoms with Gasteiger partial charge in [-0.25, -0.2) is 0 Å². The lowest BCUT2D eigenvalue weighted by molar-refractivity contribution is -0.128. The molecule has 0 aliphatic carbocycles. The number of nitrogens with one attached hydrogen (secondary N) is 1. The standard InChI is InChI=1S/C18H27N3O2/c1-4-14-6-8-16(9-7-14)19-18(23)15-12-17(22)21(13-15)11-5-10-20(2)3/h6-9,15H,4-5,10-13H2,1-3H3,(H,19,23). The van der Waals surface area contributed by atoms with Crippen molar-refractivity contribution < 1.29 is 9.59 Å². The SMILES string of the molecule is CCc1ccc(NC(=O)C2CC(=O)N(CCCN(C)C)C2)cc1. The van der Waals surface area contributed by atoms with Gasteiger partial charge in [-0.05, 0) is 51.2 Å². The molecule has 1 unspecified atom stereocenters. The summed E-state index contributed by atoms with van der Waals surface area (Å²) in [5, 5.41) is 2.92. The Kier molecular flexibility index (Phi) is 6.16. The first-order chi connectivity index (χ1) is 11.0. The molecule has 1 fully saturated rings. The van der Waals surface area contributed by atoms with Crippen LogP contribution in [0, 0.1) is 5.92 Å². The zero-order valence-electron chi connectivity index (χ0n) is 14.3. The number of hydrogen-bond donors (Lipinski definition) is 1. The number of likely N-dealkylation sites (tertiary alicyclic amines) is 1. The van der Waals surface area contributed by atoms with Gasteiger partial charge in [-0.3, -0.25) is 9.59 Å². The number of hydrogen-bond acceptors (Lipinski definition) is 3. The van der Waals surface area contributed by atoms with E-state index in [1.54, 1.807) is 0 Å². The maximum atomic E-state index is 12.3. The second-order valence-corrected chi connectivity index (χ2v) is 6.44. The van der Waals surface area contributed by atoms with Crippen LogP contribution in [0.3, 0.4) is 0 Å². The minimum absolute atomic E-state index is 0.0577. The summed E-state index contributed by atoms with van der Waals surface area (Å²) >= 11 is 0. The molecule has 1 heterocycles. The summed E-state index contributed by atoms with van der Waals surface area (Å²) < 4.78 is 0. The molecule has 0 bridgehead atoms. The fourth-order valence-corrected chi connectivity index (χ4v) is 2.81. The lowest BCUT2D eigenvalue weighted by Gasteiger charge is -2.18. The third-order valence-corrected chi connectivity index (χ3v) is 4.25. The van der Waals surface area contributed by atoms with Gasteiger partial charge < -0.3 is 15.1 Å². The van der Waals surface area contributed by atoms with Crippen LogP contribution < -0.4 is 5.32 Å². The Labute approximate surface area is 138 Å². The van der Waals surface area contributed by atoms with Crippen molar-refractivity contribution in [2.24, 2.45) is 5.92 Å². The number of benzene rings is 1. The third-order valence-electron chi connectivity index (χ3n) is 4.25. The first kappa shape index (κ1) is 17.5. The van der Waals surface area contributed by atoms with E-state index >= 15 is 0 Å². The molecule has 0 radical (unpaired) electrons. The molecule has 2 amide bonds. The first-order valence-electron chi connectivity index (χ1n) is 8.32. The molecule has 2 rings (SSSR count). The summed E-state index contributed by atoms with van der Waals surface area (Å²) in [6.45, 7) is 4.31. The van der Waals surface area contributed by atoms with Gasteiger partial charge in [-0.2, -0.15) is 0 Å². The number of carbonyl (C=O) groups is 2. The predicted octanol–water partition coefficient (Wildman–Crippen LogP) is 1.99. The number of carbonyl (C=O) groups excluding carboxylic acids is 2. The highest BCUT2D eigenvalue weighted by atomic mass is 16.2. The zero-order chi connectivity index (χ0) is 16.8. The quantitative estimate of drug-likeness (QED) is 0.837. The van der Waals surface area contributed by atoms with Gasteiger partial charge in [0.05, 0.1) is 5.92 Å². The minimum Gasteiger partial charge on any atom is -0.342 e. The van der Waals surface area contributed by atoms with Crippen molar-refractivity contribution >= 4 is 17.5 Å². The van der Waals surface area contributed by atoms with Gasteiger partial charge in [0.1, 0.15) is 0 Å². The van der Waals surface area contributed by atoms with Crippen molar-refractivity contribution in [2.75, 3.05) is 39.0 Å². The van der Waals surface area contributed by atoms with Crippen LogP contribution in [0.2, 0.25) is 0 Å². The van der Waals surface area contributed by atoms with Gasteiger partial charge in [0.15, 0.2) is 0 Å². The molecule has 0 spiro atoms. The van der Waals surface area contributed by atoms with E-state index in [1.165, 1.54) is 5.56 Å². The molecular weight excluding hydrogens is 290 g/mol. The summed E-state index contributed by atoms with van der Waals surface area (Å²) in [4.78, 5) is 28.3. The first-order valence-corrected chi connectivity index (χ1v) is 8.32. The number of amides is 2. The Bertz CT molecular complexity index is 540. The third kappa shape index (κ3) is 5.06. The number of aryl methyl sites for hydroxylation is 1. The molecule has 0 aromatic heterocycles. The average Bonchev–Trinajstić information content (AvgIpc) is 2.89. The smallest absolute Gasteiger partial charge is 0.229 e. The van der Waals surface area contributed by atoms with Gasteiger partial charge in [-0.15, -0.1) is 0 Å². The Balaban J connectivity index is 1.84. The topological polar surface area (TPSA) is 52.7 Å². The van der Waals surface area contributed by atoms with Crippen molar-refractivity contribution in [2.45, 2.75) is 26.2 Å². The minimum atomic E-state index is -0.243. The largest absolute Gasteiger partial charge is 0.342 e. The van der Waals surface area contributed by atoms with E-state index in [0.29, 0.717) is 13.0 Å². The van der Waals surface area contributed by atoms with E-state index < -0.39 is 0 Å². The van der Waals surface area contributed by atoms with Gasteiger partial charge >= 0.3 is 0 Å². The Morgan fingerprint density at radius 2 is 2.00 bits per heavy atom. The van der Waals surface area contributed by atoms with E-state index in [2.05, 4.69) is 17.1 Å². The van der Waals surface area contributed by atoms with E-state index in [9.17, 15) is 9.59 Å². The number of anilines is 1. The van der Waals surface area contributed by atoms with Gasteiger partial charge in [0.25, 0.3) is 0 Å². The molecular formula is C18H27N3O2. The second-order valence-electron chi connectivity index (χ2n) is 6.44. The highest BCUT2D eigenvalue weighted by molar-refractivity contribution is 5.97. The lowest BCUT2D eigenvalue weighted by Crippen LogP contribution is -2.30. The molecule has 5 nitrogen and oxygen atoms in total. The Morgan fingerprint density at radius 1 is 1.30 bits per heavy atom. The van der Waals surface area contributed by atoms with Crippen molar-refractivity contribution in [3.05, 3.63) is 29.8 Å². The molecule has 0 saturated carbocycles. The molecule has 1 aliphatic rings. The summed E-state index contributed by atoms with van der Waals surface area (Å²) in [6.07, 6.45) is 2.24. The van der Waals surface area contributed by atoms with E-state index in [4.69, 9.17) is 0 Å². The van der Waals surface area contributed by atoms with Gasteiger partial charge in [-0.1, -0.05) is 19.1 Å². The van der Waals surface area contributed by atoms with Crippen LogP contribution in [0.15, 0.2) is 24.3 Å². The van der Waals surface area contributed by atoms with Crippen LogP contribution in [-0.4, -0.2) is 55.3 Å². The van der Waals surface area contributed by atoms with Crippen LogP contribution in [-0.2, 0) is 16.0 Å². The maximum Gasteiger partial charge on any atom is 0.229 e. The zero-order valence-corrected chi connectivity index (χ0v) is 14.3. The second kappa shape index (κ2) is 8.11. The fraction of sp³-hybridized carbons (Fsp3) is 0.556. The summed E-state index contributed by atoms with van der Waals surface area (Å²) in [5.41, 5.74) is 2.04. The molecule has 1 aliphatic heterocycles. The highest BCUT2D eigenvalue weighted by Crippen LogP contribution is 2.20. The number of nitrogens with zero attached hydrogens (tertiary/aromatic N) is 2. The van der Waals surface area contributed by atoms with Crippen molar-refractivity contribution in [1.82, 2.24) is 9.80 Å². The van der Waals surface area contributed by atoms with Crippen LogP contribution in [0.4, 0.5) is 5.69 Å². The van der Waals surface area contributed by atoms with Crippen LogP contribution >= 0.6 is 0 Å². The van der Waals surface area contributed by atoms with E-state index in [-0.39, 0.29) is 17.7 Å². The molecule has 1 saturated heterocycles. The van der Waals surface area contributed by atoms with Gasteiger partial charge in [0, 0.05) is 25.2 Å². The Morgan fingerprint density at radius 3 is 2.61 bits per heavy atom. The average molecular weight is 317 g/mol. The molecule has 23 heavy (non-hydrogen) atoms. The Hall–Kier alpha value is -1.88. The van der Waals surface area contributed by atoms with Crippen molar-refractivity contribution in [3.8, 4) is 0 Å². The van der Waals surface area contributed by atoms with Crippen molar-refractivity contribution in [1.29, 1.82) is 0 Å². The fourth-order valence-electron chi connectivity index (χ4n) is 2.81. The van der Waals surface area contributed by atoms with Gasteiger partial charge in [0.2, 0.25) is 11.8 Å². The predicted molar refractivity (Wildman–Crippen MR) is 92.3 cm³/mol. The summed E-state index contributed by atoms with van der Waals surface area (Å²) in [7, 11) is 4.04. The van der Waals surface area contributed by atoms with E-state index in [1.807, 2.05) is 43.3 Å². The molecule has 1 N–H and O–H groups in total. The van der Waals surface area contributed by atoms with E-state index in [0.717, 1.165) is 31.6 Å². The molecule has 126 valence electrons. The molecule has 1 aromatic carbocycles. The lowest BCUT2D eigenvalue weighted by atomic mass is 10.1.